The van der Waals surface area contributed by atoms with E-state index in [0.29, 0.717) is 13.1 Å². The normalized spacial score (nSPS) is 10.1. The minimum absolute atomic E-state index is 0.0150. The second kappa shape index (κ2) is 6.36. The predicted octanol–water partition coefficient (Wildman–Crippen LogP) is 1.82. The van der Waals surface area contributed by atoms with Gasteiger partial charge in [-0.3, -0.25) is 4.79 Å². The number of nitrogens with two attached hydrogens (primary N) is 1. The smallest absolute Gasteiger partial charge is 0.252 e. The lowest BCUT2D eigenvalue weighted by Gasteiger charge is -2.01. The molecule has 3 nitrogen and oxygen atoms in total. The molecule has 5 heteroatoms. The molecular formula is C9H13IN2OS. The first-order chi connectivity index (χ1) is 6.74. The molecule has 0 radical (unpaired) electrons. The summed E-state index contributed by atoms with van der Waals surface area (Å²) in [5.41, 5.74) is 6.10. The number of nitrogens with one attached hydrogen (secondary N) is 1. The Kier molecular flexibility index (Phi) is 5.42. The van der Waals surface area contributed by atoms with Gasteiger partial charge in [0, 0.05) is 11.9 Å². The van der Waals surface area contributed by atoms with Gasteiger partial charge in [-0.2, -0.15) is 0 Å². The Hall–Kier alpha value is -0.140. The van der Waals surface area contributed by atoms with E-state index in [1.165, 1.54) is 0 Å². The highest BCUT2D eigenvalue weighted by atomic mass is 127. The van der Waals surface area contributed by atoms with Crippen LogP contribution in [0.2, 0.25) is 0 Å². The van der Waals surface area contributed by atoms with Gasteiger partial charge >= 0.3 is 0 Å². The maximum absolute atomic E-state index is 11.5. The standard InChI is InChI=1S/C9H13IN2OS/c10-8-5-7(6-14-8)9(13)12-4-2-1-3-11/h5-6H,1-4,11H2,(H,12,13). The lowest BCUT2D eigenvalue weighted by Crippen LogP contribution is -2.24. The summed E-state index contributed by atoms with van der Waals surface area (Å²) < 4.78 is 1.13. The van der Waals surface area contributed by atoms with Crippen molar-refractivity contribution < 1.29 is 4.79 Å². The minimum Gasteiger partial charge on any atom is -0.352 e. The van der Waals surface area contributed by atoms with Crippen molar-refractivity contribution >= 4 is 39.8 Å². The van der Waals surface area contributed by atoms with E-state index in [1.54, 1.807) is 11.3 Å². The van der Waals surface area contributed by atoms with Gasteiger partial charge in [0.15, 0.2) is 0 Å². The Morgan fingerprint density at radius 2 is 2.36 bits per heavy atom. The molecule has 0 saturated carbocycles. The fourth-order valence-corrected chi connectivity index (χ4v) is 2.33. The number of rotatable bonds is 5. The summed E-state index contributed by atoms with van der Waals surface area (Å²) in [6.07, 6.45) is 1.91. The van der Waals surface area contributed by atoms with Crippen molar-refractivity contribution in [1.82, 2.24) is 5.32 Å². The van der Waals surface area contributed by atoms with Crippen molar-refractivity contribution in [2.75, 3.05) is 13.1 Å². The summed E-state index contributed by atoms with van der Waals surface area (Å²) in [6.45, 7) is 1.40. The monoisotopic (exact) mass is 324 g/mol. The van der Waals surface area contributed by atoms with Crippen molar-refractivity contribution in [1.29, 1.82) is 0 Å². The molecule has 1 aromatic rings. The van der Waals surface area contributed by atoms with Gasteiger partial charge in [0.25, 0.3) is 5.91 Å². The molecule has 0 fully saturated rings. The highest BCUT2D eigenvalue weighted by molar-refractivity contribution is 14.1. The van der Waals surface area contributed by atoms with Gasteiger partial charge in [0.2, 0.25) is 0 Å². The Morgan fingerprint density at radius 1 is 1.57 bits per heavy atom. The molecule has 14 heavy (non-hydrogen) atoms. The Labute approximate surface area is 101 Å². The van der Waals surface area contributed by atoms with Crippen molar-refractivity contribution in [2.24, 2.45) is 5.73 Å². The zero-order chi connectivity index (χ0) is 10.4. The van der Waals surface area contributed by atoms with Gasteiger partial charge in [-0.25, -0.2) is 0 Å². The highest BCUT2D eigenvalue weighted by Gasteiger charge is 2.06. The van der Waals surface area contributed by atoms with E-state index in [2.05, 4.69) is 27.9 Å². The van der Waals surface area contributed by atoms with Crippen LogP contribution in [0.5, 0.6) is 0 Å². The SMILES string of the molecule is NCCCCNC(=O)c1csc(I)c1. The van der Waals surface area contributed by atoms with Crippen LogP contribution in [-0.4, -0.2) is 19.0 Å². The van der Waals surface area contributed by atoms with Gasteiger partial charge in [-0.05, 0) is 48.0 Å². The minimum atomic E-state index is 0.0150. The molecule has 1 amide bonds. The quantitative estimate of drug-likeness (QED) is 0.641. The topological polar surface area (TPSA) is 55.1 Å². The van der Waals surface area contributed by atoms with E-state index in [1.807, 2.05) is 11.4 Å². The molecule has 0 aliphatic heterocycles. The highest BCUT2D eigenvalue weighted by Crippen LogP contribution is 2.16. The molecule has 0 atom stereocenters. The van der Waals surface area contributed by atoms with Crippen LogP contribution in [-0.2, 0) is 0 Å². The van der Waals surface area contributed by atoms with E-state index in [0.717, 1.165) is 21.3 Å². The molecule has 0 saturated heterocycles. The summed E-state index contributed by atoms with van der Waals surface area (Å²) in [5, 5.41) is 4.73. The number of carbonyl (C=O) groups is 1. The lowest BCUT2D eigenvalue weighted by molar-refractivity contribution is 0.0953. The number of amides is 1. The fourth-order valence-electron chi connectivity index (χ4n) is 1.00. The number of halogens is 1. The van der Waals surface area contributed by atoms with E-state index in [-0.39, 0.29) is 5.91 Å². The second-order valence-corrected chi connectivity index (χ2v) is 5.70. The Balaban J connectivity index is 2.29. The van der Waals surface area contributed by atoms with Crippen LogP contribution in [0.25, 0.3) is 0 Å². The molecule has 78 valence electrons. The van der Waals surface area contributed by atoms with Crippen molar-refractivity contribution in [3.8, 4) is 0 Å². The second-order valence-electron chi connectivity index (χ2n) is 2.89. The molecule has 1 aromatic heterocycles. The van der Waals surface area contributed by atoms with Crippen molar-refractivity contribution in [3.63, 3.8) is 0 Å². The summed E-state index contributed by atoms with van der Waals surface area (Å²) in [4.78, 5) is 11.5. The first kappa shape index (κ1) is 11.9. The number of thiophene rings is 1. The van der Waals surface area contributed by atoms with Crippen LogP contribution in [0.4, 0.5) is 0 Å². The third-order valence-corrected chi connectivity index (χ3v) is 3.54. The molecule has 0 unspecified atom stereocenters. The number of hydrogen-bond acceptors (Lipinski definition) is 3. The number of hydrogen-bond donors (Lipinski definition) is 2. The van der Waals surface area contributed by atoms with Crippen LogP contribution in [0.1, 0.15) is 23.2 Å². The molecule has 0 aliphatic carbocycles. The van der Waals surface area contributed by atoms with Crippen molar-refractivity contribution in [2.45, 2.75) is 12.8 Å². The van der Waals surface area contributed by atoms with Gasteiger partial charge in [0.05, 0.1) is 8.45 Å². The molecule has 0 aromatic carbocycles. The zero-order valence-electron chi connectivity index (χ0n) is 7.75. The maximum Gasteiger partial charge on any atom is 0.252 e. The summed E-state index contributed by atoms with van der Waals surface area (Å²) in [6, 6.07) is 1.89. The van der Waals surface area contributed by atoms with E-state index >= 15 is 0 Å². The van der Waals surface area contributed by atoms with Crippen LogP contribution < -0.4 is 11.1 Å². The van der Waals surface area contributed by atoms with E-state index in [9.17, 15) is 4.79 Å². The molecule has 0 aliphatic rings. The van der Waals surface area contributed by atoms with Gasteiger partial charge < -0.3 is 11.1 Å². The Bertz CT molecular complexity index is 301. The van der Waals surface area contributed by atoms with Crippen LogP contribution in [0.3, 0.4) is 0 Å². The zero-order valence-corrected chi connectivity index (χ0v) is 10.7. The largest absolute Gasteiger partial charge is 0.352 e. The van der Waals surface area contributed by atoms with Gasteiger partial charge in [-0.15, -0.1) is 11.3 Å². The number of unbranched alkanes of at least 4 members (excludes halogenated alkanes) is 1. The third-order valence-electron chi connectivity index (χ3n) is 1.75. The lowest BCUT2D eigenvalue weighted by atomic mass is 10.3. The van der Waals surface area contributed by atoms with Gasteiger partial charge in [-0.1, -0.05) is 0 Å². The van der Waals surface area contributed by atoms with Crippen LogP contribution in [0.15, 0.2) is 11.4 Å². The first-order valence-corrected chi connectivity index (χ1v) is 6.42. The van der Waals surface area contributed by atoms with Crippen molar-refractivity contribution in [3.05, 3.63) is 19.9 Å². The number of carbonyl (C=O) groups excluding carboxylic acids is 1. The molecule has 3 N–H and O–H groups in total. The third kappa shape index (κ3) is 3.93. The van der Waals surface area contributed by atoms with Crippen LogP contribution in [0, 0.1) is 2.88 Å². The molecule has 1 heterocycles. The molecule has 0 spiro atoms. The first-order valence-electron chi connectivity index (χ1n) is 4.46. The molecule has 0 bridgehead atoms. The Morgan fingerprint density at radius 3 is 2.93 bits per heavy atom. The molecule has 1 rings (SSSR count). The summed E-state index contributed by atoms with van der Waals surface area (Å²) in [7, 11) is 0. The average Bonchev–Trinajstić information content (AvgIpc) is 2.59. The van der Waals surface area contributed by atoms with Crippen LogP contribution >= 0.6 is 33.9 Å². The average molecular weight is 324 g/mol. The fraction of sp³-hybridized carbons (Fsp3) is 0.444. The van der Waals surface area contributed by atoms with Gasteiger partial charge in [0.1, 0.15) is 0 Å². The van der Waals surface area contributed by atoms with E-state index < -0.39 is 0 Å². The summed E-state index contributed by atoms with van der Waals surface area (Å²) >= 11 is 3.79. The summed E-state index contributed by atoms with van der Waals surface area (Å²) in [5.74, 6) is 0.0150. The van der Waals surface area contributed by atoms with E-state index in [4.69, 9.17) is 5.73 Å². The maximum atomic E-state index is 11.5. The predicted molar refractivity (Wildman–Crippen MR) is 67.7 cm³/mol. The molecular weight excluding hydrogens is 311 g/mol.